The van der Waals surface area contributed by atoms with Gasteiger partial charge in [0.25, 0.3) is 0 Å². The first kappa shape index (κ1) is 18.5. The third kappa shape index (κ3) is 2.59. The minimum absolute atomic E-state index is 0.129. The SMILES string of the molecule is CC[C@H]1C(=O)C[C@H]2[C@@H]3CC[C@@H]4C[C@H](OC(C)=O)CC[C@]4(C)[C@H]3CC[C@]12C. The Labute approximate surface area is 158 Å². The summed E-state index contributed by atoms with van der Waals surface area (Å²) in [5.41, 5.74) is 0.638. The summed E-state index contributed by atoms with van der Waals surface area (Å²) in [6.45, 7) is 8.69. The zero-order valence-electron chi connectivity index (χ0n) is 17.1. The van der Waals surface area contributed by atoms with Crippen molar-refractivity contribution in [2.45, 2.75) is 91.6 Å². The summed E-state index contributed by atoms with van der Waals surface area (Å²) in [6, 6.07) is 0. The molecule has 0 aliphatic heterocycles. The molecular formula is C23H36O3. The maximum Gasteiger partial charge on any atom is 0.302 e. The van der Waals surface area contributed by atoms with Gasteiger partial charge in [0.05, 0.1) is 0 Å². The Hall–Kier alpha value is -0.860. The van der Waals surface area contributed by atoms with Gasteiger partial charge in [-0.1, -0.05) is 20.8 Å². The van der Waals surface area contributed by atoms with Crippen LogP contribution >= 0.6 is 0 Å². The third-order valence-corrected chi connectivity index (χ3v) is 9.40. The largest absolute Gasteiger partial charge is 0.463 e. The van der Waals surface area contributed by atoms with Crippen molar-refractivity contribution in [1.29, 1.82) is 0 Å². The van der Waals surface area contributed by atoms with E-state index < -0.39 is 0 Å². The number of carbonyl (C=O) groups is 2. The molecule has 3 heteroatoms. The van der Waals surface area contributed by atoms with Crippen LogP contribution in [-0.4, -0.2) is 17.9 Å². The molecule has 0 bridgehead atoms. The van der Waals surface area contributed by atoms with Crippen molar-refractivity contribution in [2.24, 2.45) is 40.4 Å². The fourth-order valence-corrected chi connectivity index (χ4v) is 8.15. The second kappa shape index (κ2) is 6.34. The number of Topliss-reactive ketones (excluding diaryl/α,β-unsaturated/α-hetero) is 1. The summed E-state index contributed by atoms with van der Waals surface area (Å²) >= 11 is 0. The Morgan fingerprint density at radius 3 is 2.50 bits per heavy atom. The Bertz CT molecular complexity index is 598. The molecule has 0 saturated heterocycles. The van der Waals surface area contributed by atoms with E-state index in [9.17, 15) is 9.59 Å². The van der Waals surface area contributed by atoms with Gasteiger partial charge in [0.2, 0.25) is 0 Å². The van der Waals surface area contributed by atoms with Crippen LogP contribution in [0.25, 0.3) is 0 Å². The van der Waals surface area contributed by atoms with Crippen LogP contribution in [0.15, 0.2) is 0 Å². The van der Waals surface area contributed by atoms with Gasteiger partial charge < -0.3 is 4.74 Å². The molecule has 0 amide bonds. The molecule has 8 atom stereocenters. The second-order valence-electron chi connectivity index (χ2n) is 10.3. The number of ketones is 1. The lowest BCUT2D eigenvalue weighted by molar-refractivity contribution is -0.160. The van der Waals surface area contributed by atoms with E-state index in [1.165, 1.54) is 39.0 Å². The van der Waals surface area contributed by atoms with Crippen molar-refractivity contribution in [3.8, 4) is 0 Å². The minimum atomic E-state index is -0.129. The zero-order valence-corrected chi connectivity index (χ0v) is 17.1. The van der Waals surface area contributed by atoms with Crippen molar-refractivity contribution < 1.29 is 14.3 Å². The van der Waals surface area contributed by atoms with E-state index in [0.29, 0.717) is 29.0 Å². The van der Waals surface area contributed by atoms with Gasteiger partial charge in [0, 0.05) is 19.3 Å². The van der Waals surface area contributed by atoms with Crippen molar-refractivity contribution in [3.05, 3.63) is 0 Å². The van der Waals surface area contributed by atoms with Gasteiger partial charge in [-0.3, -0.25) is 9.59 Å². The molecule has 0 radical (unpaired) electrons. The summed E-state index contributed by atoms with van der Waals surface area (Å²) in [6.07, 6.45) is 10.3. The van der Waals surface area contributed by atoms with E-state index >= 15 is 0 Å². The second-order valence-corrected chi connectivity index (χ2v) is 10.3. The standard InChI is InChI=1S/C23H36O3/c1-5-18-21(25)13-20-17-7-6-15-12-16(26-14(2)24)8-10-22(15,3)19(17)9-11-23(18,20)4/h15-20H,5-13H2,1-4H3/t15-,16-,17-,18+,19+,20+,22+,23-/m1/s1. The van der Waals surface area contributed by atoms with Gasteiger partial charge in [-0.25, -0.2) is 0 Å². The van der Waals surface area contributed by atoms with E-state index in [1.807, 2.05) is 0 Å². The molecule has 0 heterocycles. The molecule has 26 heavy (non-hydrogen) atoms. The number of hydrogen-bond donors (Lipinski definition) is 0. The fourth-order valence-electron chi connectivity index (χ4n) is 8.15. The lowest BCUT2D eigenvalue weighted by Crippen LogP contribution is -2.54. The van der Waals surface area contributed by atoms with E-state index in [1.54, 1.807) is 0 Å². The zero-order chi connectivity index (χ0) is 18.7. The quantitative estimate of drug-likeness (QED) is 0.638. The van der Waals surface area contributed by atoms with Gasteiger partial charge in [0.15, 0.2) is 0 Å². The van der Waals surface area contributed by atoms with Crippen LogP contribution in [0, 0.1) is 40.4 Å². The predicted octanol–water partition coefficient (Wildman–Crippen LogP) is 5.17. The average molecular weight is 361 g/mol. The van der Waals surface area contributed by atoms with E-state index in [-0.39, 0.29) is 17.5 Å². The Kier molecular flexibility index (Phi) is 4.51. The van der Waals surface area contributed by atoms with Gasteiger partial charge in [-0.05, 0) is 85.9 Å². The number of ether oxygens (including phenoxy) is 1. The van der Waals surface area contributed by atoms with Crippen LogP contribution in [0.1, 0.15) is 85.5 Å². The monoisotopic (exact) mass is 360 g/mol. The third-order valence-electron chi connectivity index (χ3n) is 9.40. The molecule has 146 valence electrons. The van der Waals surface area contributed by atoms with E-state index in [2.05, 4.69) is 20.8 Å². The number of fused-ring (bicyclic) bond motifs is 5. The van der Waals surface area contributed by atoms with Gasteiger partial charge >= 0.3 is 5.97 Å². The highest BCUT2D eigenvalue weighted by atomic mass is 16.5. The van der Waals surface area contributed by atoms with Gasteiger partial charge in [0.1, 0.15) is 11.9 Å². The average Bonchev–Trinajstić information content (AvgIpc) is 2.84. The van der Waals surface area contributed by atoms with E-state index in [0.717, 1.165) is 37.5 Å². The van der Waals surface area contributed by atoms with Crippen molar-refractivity contribution in [3.63, 3.8) is 0 Å². The first-order valence-electron chi connectivity index (χ1n) is 11.0. The lowest BCUT2D eigenvalue weighted by Gasteiger charge is -2.60. The summed E-state index contributed by atoms with van der Waals surface area (Å²) < 4.78 is 5.57. The predicted molar refractivity (Wildman–Crippen MR) is 101 cm³/mol. The first-order chi connectivity index (χ1) is 12.3. The Morgan fingerprint density at radius 1 is 1.08 bits per heavy atom. The summed E-state index contributed by atoms with van der Waals surface area (Å²) in [5.74, 6) is 3.52. The number of rotatable bonds is 2. The summed E-state index contributed by atoms with van der Waals surface area (Å²) in [7, 11) is 0. The highest BCUT2D eigenvalue weighted by Crippen LogP contribution is 2.67. The van der Waals surface area contributed by atoms with E-state index in [4.69, 9.17) is 4.74 Å². The van der Waals surface area contributed by atoms with Crippen LogP contribution in [-0.2, 0) is 14.3 Å². The normalized spacial score (nSPS) is 50.5. The molecule has 0 unspecified atom stereocenters. The van der Waals surface area contributed by atoms with Crippen molar-refractivity contribution in [2.75, 3.05) is 0 Å². The maximum atomic E-state index is 12.7. The highest BCUT2D eigenvalue weighted by Gasteiger charge is 2.61. The Balaban J connectivity index is 1.55. The molecule has 0 spiro atoms. The molecule has 4 saturated carbocycles. The maximum absolute atomic E-state index is 12.7. The van der Waals surface area contributed by atoms with Crippen LogP contribution in [0.3, 0.4) is 0 Å². The molecule has 0 aromatic rings. The van der Waals surface area contributed by atoms with Crippen LogP contribution in [0.2, 0.25) is 0 Å². The van der Waals surface area contributed by atoms with Crippen molar-refractivity contribution >= 4 is 11.8 Å². The molecule has 0 aromatic heterocycles. The Morgan fingerprint density at radius 2 is 1.81 bits per heavy atom. The molecular weight excluding hydrogens is 324 g/mol. The van der Waals surface area contributed by atoms with Gasteiger partial charge in [-0.15, -0.1) is 0 Å². The molecule has 4 fully saturated rings. The first-order valence-corrected chi connectivity index (χ1v) is 11.0. The molecule has 4 rings (SSSR count). The molecule has 4 aliphatic carbocycles. The summed E-state index contributed by atoms with van der Waals surface area (Å²) in [5, 5.41) is 0. The fraction of sp³-hybridized carbons (Fsp3) is 0.913. The number of carbonyl (C=O) groups excluding carboxylic acids is 2. The topological polar surface area (TPSA) is 43.4 Å². The molecule has 3 nitrogen and oxygen atoms in total. The molecule has 0 N–H and O–H groups in total. The van der Waals surface area contributed by atoms with Crippen LogP contribution < -0.4 is 0 Å². The van der Waals surface area contributed by atoms with Crippen LogP contribution in [0.5, 0.6) is 0 Å². The number of esters is 1. The smallest absolute Gasteiger partial charge is 0.302 e. The molecule has 4 aliphatic rings. The number of hydrogen-bond acceptors (Lipinski definition) is 3. The molecule has 0 aromatic carbocycles. The van der Waals surface area contributed by atoms with Gasteiger partial charge in [-0.2, -0.15) is 0 Å². The van der Waals surface area contributed by atoms with Crippen LogP contribution in [0.4, 0.5) is 0 Å². The highest BCUT2D eigenvalue weighted by molar-refractivity contribution is 5.84. The van der Waals surface area contributed by atoms with Crippen molar-refractivity contribution in [1.82, 2.24) is 0 Å². The summed E-state index contributed by atoms with van der Waals surface area (Å²) in [4.78, 5) is 24.1. The lowest BCUT2D eigenvalue weighted by atomic mass is 9.44. The minimum Gasteiger partial charge on any atom is -0.463 e.